The zero-order valence-corrected chi connectivity index (χ0v) is 20.8. The van der Waals surface area contributed by atoms with Crippen LogP contribution < -0.4 is 36.9 Å². The van der Waals surface area contributed by atoms with Crippen LogP contribution in [0.15, 0.2) is 76.4 Å². The van der Waals surface area contributed by atoms with Gasteiger partial charge in [0.15, 0.2) is 0 Å². The van der Waals surface area contributed by atoms with Crippen LogP contribution in [0.2, 0.25) is 0 Å². The molecule has 4 N–H and O–H groups in total. The fourth-order valence-corrected chi connectivity index (χ4v) is 3.41. The Hall–Kier alpha value is -4.73. The Kier molecular flexibility index (Phi) is 7.47. The lowest BCUT2D eigenvalue weighted by molar-refractivity contribution is 0.0947. The molecule has 0 spiro atoms. The quantitative estimate of drug-likeness (QED) is 0.190. The van der Waals surface area contributed by atoms with Gasteiger partial charge < -0.3 is 26.0 Å². The Morgan fingerprint density at radius 2 is 1.59 bits per heavy atom. The molecule has 4 aromatic rings. The molecule has 10 heteroatoms. The van der Waals surface area contributed by atoms with E-state index in [0.29, 0.717) is 30.2 Å². The van der Waals surface area contributed by atoms with Gasteiger partial charge in [0.1, 0.15) is 29.5 Å². The van der Waals surface area contributed by atoms with E-state index in [-0.39, 0.29) is 28.8 Å². The van der Waals surface area contributed by atoms with Crippen molar-refractivity contribution in [3.8, 4) is 5.75 Å². The van der Waals surface area contributed by atoms with Gasteiger partial charge in [-0.2, -0.15) is 4.98 Å². The van der Waals surface area contributed by atoms with Crippen molar-refractivity contribution in [3.05, 3.63) is 92.9 Å². The third-order valence-electron chi connectivity index (χ3n) is 5.12. The molecule has 1 heterocycles. The average Bonchev–Trinajstić information content (AvgIpc) is 2.89. The number of nitrogens with zero attached hydrogens (tertiary/aromatic N) is 2. The molecule has 0 radical (unpaired) electrons. The lowest BCUT2D eigenvalue weighted by atomic mass is 10.1. The summed E-state index contributed by atoms with van der Waals surface area (Å²) in [7, 11) is 0. The summed E-state index contributed by atoms with van der Waals surface area (Å²) in [6.45, 7) is 6.43. The van der Waals surface area contributed by atoms with E-state index < -0.39 is 10.9 Å². The minimum absolute atomic E-state index is 0.175. The van der Waals surface area contributed by atoms with Gasteiger partial charge in [-0.25, -0.2) is 4.98 Å². The van der Waals surface area contributed by atoms with Crippen LogP contribution in [0, 0.1) is 0 Å². The lowest BCUT2D eigenvalue weighted by Crippen LogP contribution is -2.41. The van der Waals surface area contributed by atoms with Gasteiger partial charge >= 0.3 is 0 Å². The molecule has 1 amide bonds. The van der Waals surface area contributed by atoms with Crippen LogP contribution in [-0.4, -0.2) is 34.6 Å². The van der Waals surface area contributed by atoms with Crippen molar-refractivity contribution in [2.75, 3.05) is 29.1 Å². The van der Waals surface area contributed by atoms with Crippen molar-refractivity contribution in [2.24, 2.45) is 0 Å². The first-order valence-electron chi connectivity index (χ1n) is 11.7. The second kappa shape index (κ2) is 10.9. The number of anilines is 5. The van der Waals surface area contributed by atoms with E-state index in [1.807, 2.05) is 51.1 Å². The van der Waals surface area contributed by atoms with Crippen molar-refractivity contribution in [2.45, 2.75) is 26.3 Å². The van der Waals surface area contributed by atoms with E-state index in [1.54, 1.807) is 30.3 Å². The SMILES string of the molecule is CC(C)(C)Nc1c(Nc2ccnc(Nc3ccc(C(=O)NCCOc4ccccc4)cc3)n2)c(=O)c1=O. The highest BCUT2D eigenvalue weighted by Gasteiger charge is 2.25. The molecule has 0 aliphatic heterocycles. The van der Waals surface area contributed by atoms with Gasteiger partial charge in [-0.15, -0.1) is 0 Å². The highest BCUT2D eigenvalue weighted by molar-refractivity contribution is 5.94. The molecule has 0 fully saturated rings. The van der Waals surface area contributed by atoms with Crippen molar-refractivity contribution in [1.82, 2.24) is 15.3 Å². The van der Waals surface area contributed by atoms with Crippen LogP contribution in [0.3, 0.4) is 0 Å². The third kappa shape index (κ3) is 6.69. The van der Waals surface area contributed by atoms with Crippen LogP contribution in [0.1, 0.15) is 31.1 Å². The summed E-state index contributed by atoms with van der Waals surface area (Å²) in [5, 5.41) is 11.8. The van der Waals surface area contributed by atoms with Gasteiger partial charge in [0.2, 0.25) is 5.95 Å². The number of ether oxygens (including phenoxy) is 1. The molecule has 0 bridgehead atoms. The standard InChI is InChI=1S/C27H28N6O4/c1-27(2,3)33-22-21(23(34)24(22)35)31-20-13-14-29-26(32-20)30-18-11-9-17(10-12-18)25(36)28-15-16-37-19-7-5-4-6-8-19/h4-14,33H,15-16H2,1-3H3,(H,28,36)(H2,29,30,31,32). The molecule has 0 atom stereocenters. The molecule has 4 rings (SSSR count). The van der Waals surface area contributed by atoms with Gasteiger partial charge in [-0.1, -0.05) is 18.2 Å². The summed E-state index contributed by atoms with van der Waals surface area (Å²) in [5.74, 6) is 1.18. The summed E-state index contributed by atoms with van der Waals surface area (Å²) >= 11 is 0. The number of hydrogen-bond acceptors (Lipinski definition) is 9. The summed E-state index contributed by atoms with van der Waals surface area (Å²) < 4.78 is 5.58. The number of hydrogen-bond donors (Lipinski definition) is 4. The Balaban J connectivity index is 1.32. The number of benzene rings is 2. The minimum atomic E-state index is -0.597. The molecule has 0 aliphatic rings. The van der Waals surface area contributed by atoms with Crippen molar-refractivity contribution in [1.29, 1.82) is 0 Å². The zero-order chi connectivity index (χ0) is 26.4. The Morgan fingerprint density at radius 3 is 2.30 bits per heavy atom. The maximum absolute atomic E-state index is 12.4. The van der Waals surface area contributed by atoms with E-state index >= 15 is 0 Å². The van der Waals surface area contributed by atoms with Gasteiger partial charge in [-0.3, -0.25) is 14.4 Å². The van der Waals surface area contributed by atoms with Gasteiger partial charge in [0.05, 0.1) is 6.54 Å². The summed E-state index contributed by atoms with van der Waals surface area (Å²) in [6, 6.07) is 17.8. The van der Waals surface area contributed by atoms with Crippen LogP contribution in [0.5, 0.6) is 5.75 Å². The normalized spacial score (nSPS) is 11.1. The molecule has 0 unspecified atom stereocenters. The number of para-hydroxylation sites is 1. The molecule has 3 aromatic carbocycles. The molecule has 0 saturated carbocycles. The molecular formula is C27H28N6O4. The second-order valence-electron chi connectivity index (χ2n) is 9.29. The topological polar surface area (TPSA) is 134 Å². The molecule has 0 saturated heterocycles. The van der Waals surface area contributed by atoms with Crippen LogP contribution in [0.25, 0.3) is 0 Å². The average molecular weight is 501 g/mol. The van der Waals surface area contributed by atoms with E-state index in [4.69, 9.17) is 4.74 Å². The molecule has 37 heavy (non-hydrogen) atoms. The van der Waals surface area contributed by atoms with Crippen LogP contribution >= 0.6 is 0 Å². The molecule has 10 nitrogen and oxygen atoms in total. The number of amides is 1. The first-order valence-corrected chi connectivity index (χ1v) is 11.7. The maximum Gasteiger partial charge on any atom is 0.253 e. The smallest absolute Gasteiger partial charge is 0.253 e. The number of nitrogens with one attached hydrogen (secondary N) is 4. The van der Waals surface area contributed by atoms with E-state index in [9.17, 15) is 14.4 Å². The van der Waals surface area contributed by atoms with E-state index in [2.05, 4.69) is 31.2 Å². The van der Waals surface area contributed by atoms with Gasteiger partial charge in [-0.05, 0) is 63.2 Å². The summed E-state index contributed by atoms with van der Waals surface area (Å²) in [6.07, 6.45) is 1.53. The van der Waals surface area contributed by atoms with E-state index in [0.717, 1.165) is 5.75 Å². The molecule has 0 aliphatic carbocycles. The lowest BCUT2D eigenvalue weighted by Gasteiger charge is -2.24. The van der Waals surface area contributed by atoms with Crippen LogP contribution in [-0.2, 0) is 0 Å². The number of carbonyl (C=O) groups excluding carboxylic acids is 1. The number of aromatic nitrogens is 2. The number of rotatable bonds is 10. The van der Waals surface area contributed by atoms with E-state index in [1.165, 1.54) is 6.20 Å². The molecule has 1 aromatic heterocycles. The number of carbonyl (C=O) groups is 1. The Bertz CT molecular complexity index is 1440. The monoisotopic (exact) mass is 500 g/mol. The van der Waals surface area contributed by atoms with Crippen LogP contribution in [0.4, 0.5) is 28.8 Å². The van der Waals surface area contributed by atoms with Gasteiger partial charge in [0.25, 0.3) is 16.8 Å². The fourth-order valence-electron chi connectivity index (χ4n) is 3.41. The van der Waals surface area contributed by atoms with Crippen molar-refractivity contribution >= 4 is 34.7 Å². The second-order valence-corrected chi connectivity index (χ2v) is 9.29. The molecular weight excluding hydrogens is 472 g/mol. The summed E-state index contributed by atoms with van der Waals surface area (Å²) in [5.41, 5.74) is 0.0554. The maximum atomic E-state index is 12.4. The zero-order valence-electron chi connectivity index (χ0n) is 20.8. The Morgan fingerprint density at radius 1 is 0.892 bits per heavy atom. The first kappa shape index (κ1) is 25.4. The third-order valence-corrected chi connectivity index (χ3v) is 5.12. The predicted octanol–water partition coefficient (Wildman–Crippen LogP) is 3.58. The van der Waals surface area contributed by atoms with Crippen molar-refractivity contribution in [3.63, 3.8) is 0 Å². The van der Waals surface area contributed by atoms with Gasteiger partial charge in [0, 0.05) is 23.0 Å². The highest BCUT2D eigenvalue weighted by Crippen LogP contribution is 2.23. The van der Waals surface area contributed by atoms with Crippen molar-refractivity contribution < 1.29 is 9.53 Å². The Labute approximate surface area is 213 Å². The molecule has 190 valence electrons. The minimum Gasteiger partial charge on any atom is -0.492 e. The summed E-state index contributed by atoms with van der Waals surface area (Å²) in [4.78, 5) is 45.0. The largest absolute Gasteiger partial charge is 0.492 e. The predicted molar refractivity (Wildman–Crippen MR) is 144 cm³/mol. The first-order chi connectivity index (χ1) is 17.7. The highest BCUT2D eigenvalue weighted by atomic mass is 16.5. The fraction of sp³-hybridized carbons (Fsp3) is 0.222.